The van der Waals surface area contributed by atoms with Crippen LogP contribution in [0.4, 0.5) is 0 Å². The van der Waals surface area contributed by atoms with Crippen molar-refractivity contribution < 1.29 is 0 Å². The molecule has 12 aromatic heterocycles. The van der Waals surface area contributed by atoms with E-state index in [4.69, 9.17) is 9.97 Å². The molecule has 0 N–H and O–H groups in total. The largest absolute Gasteiger partial charge is 0.271 e. The van der Waals surface area contributed by atoms with Crippen molar-refractivity contribution in [1.82, 2.24) is 109 Å². The summed E-state index contributed by atoms with van der Waals surface area (Å²) in [7, 11) is 3.80. The highest BCUT2D eigenvalue weighted by molar-refractivity contribution is 5.74. The molecule has 0 aliphatic rings. The number of rotatable bonds is 12. The molecule has 12 heterocycles. The van der Waals surface area contributed by atoms with E-state index in [-0.39, 0.29) is 0 Å². The van der Waals surface area contributed by atoms with E-state index in [0.29, 0.717) is 88.0 Å². The Bertz CT molecular complexity index is 4000. The maximum atomic E-state index is 4.69. The van der Waals surface area contributed by atoms with Crippen molar-refractivity contribution in [3.05, 3.63) is 142 Å². The van der Waals surface area contributed by atoms with Gasteiger partial charge in [0, 0.05) is 32.7 Å². The molecule has 22 heteroatoms. The van der Waals surface area contributed by atoms with Crippen LogP contribution in [0.1, 0.15) is 305 Å². The van der Waals surface area contributed by atoms with Gasteiger partial charge in [0.05, 0.1) is 105 Å². The van der Waals surface area contributed by atoms with E-state index in [1.54, 1.807) is 52.9 Å². The lowest BCUT2D eigenvalue weighted by atomic mass is 9.96. The molecule has 22 nitrogen and oxygen atoms in total. The van der Waals surface area contributed by atoms with Crippen LogP contribution in [0.15, 0.2) is 74.1 Å². The van der Waals surface area contributed by atoms with Gasteiger partial charge in [0.25, 0.3) is 0 Å². The highest BCUT2D eigenvalue weighted by Crippen LogP contribution is 2.30. The quantitative estimate of drug-likeness (QED) is 0.110. The van der Waals surface area contributed by atoms with E-state index in [0.717, 1.165) is 101 Å². The van der Waals surface area contributed by atoms with Crippen LogP contribution >= 0.6 is 0 Å². The van der Waals surface area contributed by atoms with Crippen LogP contribution in [0, 0.1) is 0 Å². The predicted molar refractivity (Wildman–Crippen MR) is 382 cm³/mol. The van der Waals surface area contributed by atoms with Gasteiger partial charge in [0.1, 0.15) is 28.4 Å². The second-order valence-corrected chi connectivity index (χ2v) is 27.9. The van der Waals surface area contributed by atoms with Gasteiger partial charge in [-0.25, -0.2) is 74.0 Å². The monoisotopic (exact) mass is 1290 g/mol. The van der Waals surface area contributed by atoms with Crippen LogP contribution in [-0.2, 0) is 14.1 Å². The summed E-state index contributed by atoms with van der Waals surface area (Å²) in [6, 6.07) is 5.96. The average Bonchev–Trinajstić information content (AvgIpc) is 1.78. The number of hydrogen-bond donors (Lipinski definition) is 0. The predicted octanol–water partition coefficient (Wildman–Crippen LogP) is 16.8. The Kier molecular flexibility index (Phi) is 25.1. The summed E-state index contributed by atoms with van der Waals surface area (Å²) in [6.07, 6.45) is 15.8. The third-order valence-electron chi connectivity index (χ3n) is 15.5. The van der Waals surface area contributed by atoms with E-state index in [1.165, 1.54) is 11.3 Å². The molecule has 0 aliphatic heterocycles. The molecule has 0 unspecified atom stereocenters. The Morgan fingerprint density at radius 3 is 1.22 bits per heavy atom. The van der Waals surface area contributed by atoms with Crippen LogP contribution < -0.4 is 0 Å². The van der Waals surface area contributed by atoms with E-state index >= 15 is 0 Å². The molecule has 0 bridgehead atoms. The minimum Gasteiger partial charge on any atom is -0.271 e. The molecule has 95 heavy (non-hydrogen) atoms. The van der Waals surface area contributed by atoms with Gasteiger partial charge in [-0.15, -0.1) is 5.10 Å². The van der Waals surface area contributed by atoms with Crippen molar-refractivity contribution in [3.63, 3.8) is 0 Å². The first-order valence-electron chi connectivity index (χ1n) is 33.7. The maximum Gasteiger partial charge on any atom is 0.200 e. The first kappa shape index (κ1) is 73.5. The first-order chi connectivity index (χ1) is 44.9. The summed E-state index contributed by atoms with van der Waals surface area (Å²) in [4.78, 5) is 62.9. The highest BCUT2D eigenvalue weighted by atomic mass is 15.3. The fraction of sp³-hybridized carbons (Fsp3) is 0.521. The number of aromatic nitrogens is 22. The summed E-state index contributed by atoms with van der Waals surface area (Å²) in [6.45, 7) is 51.6. The van der Waals surface area contributed by atoms with E-state index in [1.807, 2.05) is 43.1 Å². The number of hydrogen-bond acceptors (Lipinski definition) is 19. The number of nitrogens with zero attached hydrogens (tertiary/aromatic N) is 22. The van der Waals surface area contributed by atoms with Gasteiger partial charge < -0.3 is 0 Å². The van der Waals surface area contributed by atoms with Crippen molar-refractivity contribution in [1.29, 1.82) is 0 Å². The smallest absolute Gasteiger partial charge is 0.200 e. The second-order valence-electron chi connectivity index (χ2n) is 27.9. The van der Waals surface area contributed by atoms with Crippen LogP contribution in [0.25, 0.3) is 61.3 Å². The fourth-order valence-corrected chi connectivity index (χ4v) is 10.6. The summed E-state index contributed by atoms with van der Waals surface area (Å²) < 4.78 is 5.39. The third kappa shape index (κ3) is 18.3. The molecule has 0 fully saturated rings. The fourth-order valence-electron chi connectivity index (χ4n) is 10.6. The van der Waals surface area contributed by atoms with Crippen molar-refractivity contribution in [2.45, 2.75) is 237 Å². The van der Waals surface area contributed by atoms with Gasteiger partial charge in [-0.3, -0.25) is 9.67 Å². The SMILES string of the molecule is CC(C)c1cc2cncn2nc1C(C)C.CC(C)c1nc2ccncc2nc1C(C)C.CC(C)c1nc2ccnnc2nc1C(C)C.CC(C)c1nc2cn(C)nc2nc1C(C)C.CC(C)c1nc2cnn(C)c2nc1C(C)C.CC(C)c1nc2nccnc2nc1C(C)C. The standard InChI is InChI=1S/C13H17N3.2C12H18N4.2C12H16N4.C12H17N3/c1-8(2)12-13(9(3)4)16-11-7-14-6-5-10(11)15-12;1-7(2)10-11(8(3)4)14-12-9(13-10)6-16(5)15-12;1-7(2)10-11(8(3)4)15-12-9(14-10)6-13-16(12)5;1-7(2)9-10(8(3)4)16-12-11(15-9)13-5-6-14-12;1-7(2)10-11(8(3)4)15-12-9(14-10)5-6-13-16-12;1-8(2)11-5-10-6-13-7-15(10)14-12(11)9(3)4/h5-9H,1-4H3;2*6-8H,1-5H3;2*5-8H,1-4H3;5-9H,1-4H3. The molecule has 0 aromatic carbocycles. The molecule has 0 saturated carbocycles. The number of fused-ring (bicyclic) bond motifs is 6. The van der Waals surface area contributed by atoms with Gasteiger partial charge in [-0.2, -0.15) is 20.4 Å². The number of aryl methyl sites for hydroxylation is 2. The molecule has 0 atom stereocenters. The molecule has 0 aliphatic carbocycles. The summed E-state index contributed by atoms with van der Waals surface area (Å²) >= 11 is 0. The average molecular weight is 1290 g/mol. The Hall–Kier alpha value is -8.95. The normalized spacial score (nSPS) is 11.8. The van der Waals surface area contributed by atoms with Crippen molar-refractivity contribution >= 4 is 61.3 Å². The molecule has 0 saturated heterocycles. The molecule has 0 radical (unpaired) electrons. The van der Waals surface area contributed by atoms with E-state index < -0.39 is 0 Å². The van der Waals surface area contributed by atoms with Crippen LogP contribution in [-0.4, -0.2) is 109 Å². The highest BCUT2D eigenvalue weighted by Gasteiger charge is 2.21. The zero-order chi connectivity index (χ0) is 69.9. The summed E-state index contributed by atoms with van der Waals surface area (Å²) in [5.74, 6) is 4.79. The number of pyridine rings is 1. The molecular formula is C73H102N22. The summed E-state index contributed by atoms with van der Waals surface area (Å²) in [5, 5.41) is 20.9. The minimum atomic E-state index is 0.358. The molecule has 0 amide bonds. The van der Waals surface area contributed by atoms with Gasteiger partial charge in [-0.05, 0) is 94.8 Å². The Morgan fingerprint density at radius 2 is 0.737 bits per heavy atom. The van der Waals surface area contributed by atoms with Crippen molar-refractivity contribution in [3.8, 4) is 0 Å². The molecule has 12 rings (SSSR count). The molecular weight excluding hydrogens is 1180 g/mol. The van der Waals surface area contributed by atoms with Gasteiger partial charge >= 0.3 is 0 Å². The van der Waals surface area contributed by atoms with Crippen LogP contribution in [0.5, 0.6) is 0 Å². The second kappa shape index (κ2) is 32.5. The third-order valence-corrected chi connectivity index (χ3v) is 15.5. The first-order valence-corrected chi connectivity index (χ1v) is 33.7. The minimum absolute atomic E-state index is 0.358. The Balaban J connectivity index is 0.000000161. The zero-order valence-corrected chi connectivity index (χ0v) is 61.2. The maximum absolute atomic E-state index is 4.69. The van der Waals surface area contributed by atoms with E-state index in [2.05, 4.69) is 258 Å². The van der Waals surface area contributed by atoms with Crippen molar-refractivity contribution in [2.75, 3.05) is 0 Å². The van der Waals surface area contributed by atoms with Gasteiger partial charge in [0.15, 0.2) is 22.6 Å². The number of imidazole rings is 1. The van der Waals surface area contributed by atoms with Crippen LogP contribution in [0.3, 0.4) is 0 Å². The topological polar surface area (TPSA) is 259 Å². The van der Waals surface area contributed by atoms with Crippen LogP contribution in [0.2, 0.25) is 0 Å². The van der Waals surface area contributed by atoms with Gasteiger partial charge in [0.2, 0.25) is 5.65 Å². The lowest BCUT2D eigenvalue weighted by molar-refractivity contribution is 0.715. The molecule has 504 valence electrons. The molecule has 0 spiro atoms. The van der Waals surface area contributed by atoms with Gasteiger partial charge in [-0.1, -0.05) is 166 Å². The Morgan fingerprint density at radius 1 is 0.326 bits per heavy atom. The lowest BCUT2D eigenvalue weighted by Crippen LogP contribution is -2.07. The van der Waals surface area contributed by atoms with Crippen molar-refractivity contribution in [2.24, 2.45) is 14.1 Å². The Labute approximate surface area is 561 Å². The van der Waals surface area contributed by atoms with E-state index in [9.17, 15) is 0 Å². The lowest BCUT2D eigenvalue weighted by Gasteiger charge is -2.14. The zero-order valence-electron chi connectivity index (χ0n) is 61.2. The molecule has 12 aromatic rings. The summed E-state index contributed by atoms with van der Waals surface area (Å²) in [5.41, 5.74) is 22.2.